The summed E-state index contributed by atoms with van der Waals surface area (Å²) in [5.74, 6) is 1.79. The second-order valence-corrected chi connectivity index (χ2v) is 11.7. The largest absolute Gasteiger partial charge is 0.390 e. The third-order valence-corrected chi connectivity index (χ3v) is 9.27. The zero-order valence-electron chi connectivity index (χ0n) is 13.7. The zero-order valence-corrected chi connectivity index (χ0v) is 15.4. The maximum atomic E-state index is 12.3. The van der Waals surface area contributed by atoms with Gasteiger partial charge in [0, 0.05) is 16.9 Å². The standard InChI is InChI=1S/C14H30O4S2/c1-7-10-11-20(16,17)18-19(8-2,9-3)12-13(15)14(4,5)6/h7-12H2,1-6H3/p+1. The molecule has 4 nitrogen and oxygen atoms in total. The molecule has 0 aromatic rings. The second-order valence-electron chi connectivity index (χ2n) is 6.11. The lowest BCUT2D eigenvalue weighted by Crippen LogP contribution is -2.32. The zero-order chi connectivity index (χ0) is 16.0. The van der Waals surface area contributed by atoms with E-state index >= 15 is 0 Å². The molecule has 0 amide bonds. The van der Waals surface area contributed by atoms with Gasteiger partial charge in [0.25, 0.3) is 0 Å². The summed E-state index contributed by atoms with van der Waals surface area (Å²) in [6.07, 6.45) is 1.46. The Labute approximate surface area is 126 Å². The summed E-state index contributed by atoms with van der Waals surface area (Å²) in [6, 6.07) is 0. The van der Waals surface area contributed by atoms with Crippen molar-refractivity contribution in [3.05, 3.63) is 0 Å². The number of unbranched alkanes of at least 4 members (excludes halogenated alkanes) is 1. The van der Waals surface area contributed by atoms with E-state index in [0.29, 0.717) is 17.9 Å². The van der Waals surface area contributed by atoms with E-state index in [1.54, 1.807) is 0 Å². The summed E-state index contributed by atoms with van der Waals surface area (Å²) >= 11 is 0. The molecule has 0 saturated heterocycles. The van der Waals surface area contributed by atoms with E-state index < -0.39 is 25.8 Å². The van der Waals surface area contributed by atoms with Crippen molar-refractivity contribution in [1.29, 1.82) is 0 Å². The Balaban J connectivity index is 5.08. The average molecular weight is 328 g/mol. The first-order valence-electron chi connectivity index (χ1n) is 7.28. The van der Waals surface area contributed by atoms with E-state index in [-0.39, 0.29) is 17.3 Å². The summed E-state index contributed by atoms with van der Waals surface area (Å²) in [5, 5.41) is 0. The molecule has 0 aliphatic heterocycles. The maximum Gasteiger partial charge on any atom is 0.390 e. The van der Waals surface area contributed by atoms with Crippen molar-refractivity contribution in [2.24, 2.45) is 5.41 Å². The molecule has 0 rings (SSSR count). The molecule has 0 unspecified atom stereocenters. The van der Waals surface area contributed by atoms with Crippen LogP contribution in [0.1, 0.15) is 54.4 Å². The maximum absolute atomic E-state index is 12.3. The first-order valence-corrected chi connectivity index (χ1v) is 11.0. The Bertz CT molecular complexity index is 403. The highest BCUT2D eigenvalue weighted by Gasteiger charge is 2.38. The molecule has 0 bridgehead atoms. The lowest BCUT2D eigenvalue weighted by molar-refractivity contribution is -0.123. The topological polar surface area (TPSA) is 64.0 Å². The molecule has 0 aromatic heterocycles. The molecule has 0 atom stereocenters. The number of hydrogen-bond donors (Lipinski definition) is 0. The van der Waals surface area contributed by atoms with Crippen molar-refractivity contribution >= 4 is 26.2 Å². The van der Waals surface area contributed by atoms with Crippen LogP contribution in [-0.4, -0.2) is 40.8 Å². The van der Waals surface area contributed by atoms with Gasteiger partial charge >= 0.3 is 10.1 Å². The molecular weight excluding hydrogens is 296 g/mol. The van der Waals surface area contributed by atoms with Crippen LogP contribution in [0.25, 0.3) is 0 Å². The number of carbonyl (C=O) groups is 1. The van der Waals surface area contributed by atoms with Crippen molar-refractivity contribution in [2.75, 3.05) is 23.0 Å². The van der Waals surface area contributed by atoms with E-state index in [0.717, 1.165) is 6.42 Å². The lowest BCUT2D eigenvalue weighted by atomic mass is 9.92. The minimum atomic E-state index is -3.41. The second kappa shape index (κ2) is 7.80. The average Bonchev–Trinajstić information content (AvgIpc) is 2.34. The van der Waals surface area contributed by atoms with E-state index in [4.69, 9.17) is 0 Å². The van der Waals surface area contributed by atoms with Crippen LogP contribution in [0.3, 0.4) is 0 Å². The molecule has 1 N–H and O–H groups in total. The van der Waals surface area contributed by atoms with E-state index in [2.05, 4.69) is 3.63 Å². The van der Waals surface area contributed by atoms with Crippen LogP contribution < -0.4 is 0 Å². The van der Waals surface area contributed by atoms with Gasteiger partial charge in [-0.25, -0.2) is 0 Å². The van der Waals surface area contributed by atoms with Crippen molar-refractivity contribution in [1.82, 2.24) is 0 Å². The van der Waals surface area contributed by atoms with Gasteiger partial charge in [0.1, 0.15) is 5.75 Å². The fraction of sp³-hybridized carbons (Fsp3) is 0.929. The first kappa shape index (κ1) is 19.9. The normalized spacial score (nSPS) is 14.3. The molecule has 0 saturated carbocycles. The SMILES string of the molecule is CCCCS(=O)(=O)[OH+]S(CC)(CC)CC(=O)C(C)(C)C. The summed E-state index contributed by atoms with van der Waals surface area (Å²) in [6.45, 7) is 11.4. The Morgan fingerprint density at radius 2 is 1.55 bits per heavy atom. The summed E-state index contributed by atoms with van der Waals surface area (Å²) in [4.78, 5) is 12.3. The number of ketones is 1. The Hall–Kier alpha value is -0.0700. The number of carbonyl (C=O) groups excluding carboxylic acids is 1. The fourth-order valence-corrected chi connectivity index (χ4v) is 7.28. The van der Waals surface area contributed by atoms with Crippen LogP contribution in [0.5, 0.6) is 0 Å². The summed E-state index contributed by atoms with van der Waals surface area (Å²) in [7, 11) is -5.16. The van der Waals surface area contributed by atoms with Crippen molar-refractivity contribution in [2.45, 2.75) is 54.4 Å². The van der Waals surface area contributed by atoms with Crippen molar-refractivity contribution in [3.8, 4) is 0 Å². The van der Waals surface area contributed by atoms with Gasteiger partial charge in [0.2, 0.25) is 0 Å². The third kappa shape index (κ3) is 6.59. The highest BCUT2D eigenvalue weighted by Crippen LogP contribution is 2.48. The molecule has 0 heterocycles. The van der Waals surface area contributed by atoms with Crippen LogP contribution in [0.4, 0.5) is 0 Å². The van der Waals surface area contributed by atoms with Crippen LogP contribution in [0.15, 0.2) is 0 Å². The smallest absolute Gasteiger partial charge is 0.298 e. The number of Topliss-reactive ketones (excluding diaryl/α,β-unsaturated/α-hetero) is 1. The molecule has 122 valence electrons. The van der Waals surface area contributed by atoms with Crippen LogP contribution >= 0.6 is 10.3 Å². The van der Waals surface area contributed by atoms with Gasteiger partial charge in [-0.1, -0.05) is 48.0 Å². The minimum absolute atomic E-state index is 0.0992. The number of rotatable bonds is 9. The highest BCUT2D eigenvalue weighted by molar-refractivity contribution is 8.32. The highest BCUT2D eigenvalue weighted by atomic mass is 32.3. The van der Waals surface area contributed by atoms with Gasteiger partial charge in [0.05, 0.1) is 5.75 Å². The monoisotopic (exact) mass is 327 g/mol. The molecule has 0 radical (unpaired) electrons. The molecule has 0 aromatic carbocycles. The Kier molecular flexibility index (Phi) is 7.77. The van der Waals surface area contributed by atoms with Gasteiger partial charge in [-0.15, -0.1) is 0 Å². The van der Waals surface area contributed by atoms with Crippen LogP contribution in [0.2, 0.25) is 0 Å². The molecule has 0 aliphatic rings. The predicted octanol–water partition coefficient (Wildman–Crippen LogP) is 3.58. The molecule has 0 aliphatic carbocycles. The fourth-order valence-electron chi connectivity index (χ4n) is 1.61. The van der Waals surface area contributed by atoms with E-state index in [9.17, 15) is 13.2 Å². The molecular formula is C14H31O4S2+. The van der Waals surface area contributed by atoms with Gasteiger partial charge < -0.3 is 0 Å². The van der Waals surface area contributed by atoms with Crippen LogP contribution in [-0.2, 0) is 14.9 Å². The Morgan fingerprint density at radius 3 is 1.90 bits per heavy atom. The minimum Gasteiger partial charge on any atom is -0.298 e. The van der Waals surface area contributed by atoms with Gasteiger partial charge in [0.15, 0.2) is 5.78 Å². The molecule has 6 heteroatoms. The Morgan fingerprint density at radius 1 is 1.05 bits per heavy atom. The quantitative estimate of drug-likeness (QED) is 0.480. The van der Waals surface area contributed by atoms with Crippen molar-refractivity contribution in [3.63, 3.8) is 0 Å². The summed E-state index contributed by atoms with van der Waals surface area (Å²) in [5.41, 5.74) is -0.439. The van der Waals surface area contributed by atoms with E-state index in [1.165, 1.54) is 0 Å². The van der Waals surface area contributed by atoms with Gasteiger partial charge in [-0.05, 0) is 16.7 Å². The molecule has 20 heavy (non-hydrogen) atoms. The van der Waals surface area contributed by atoms with E-state index in [1.807, 2.05) is 41.5 Å². The molecule has 0 fully saturated rings. The van der Waals surface area contributed by atoms with Crippen molar-refractivity contribution < 1.29 is 16.8 Å². The van der Waals surface area contributed by atoms with Gasteiger partial charge in [-0.2, -0.15) is 8.42 Å². The summed E-state index contributed by atoms with van der Waals surface area (Å²) < 4.78 is 28.4. The predicted molar refractivity (Wildman–Crippen MR) is 89.3 cm³/mol. The van der Waals surface area contributed by atoms with Crippen LogP contribution in [0, 0.1) is 5.41 Å². The first-order chi connectivity index (χ1) is 9.02. The molecule has 0 spiro atoms. The third-order valence-electron chi connectivity index (χ3n) is 3.34. The lowest BCUT2D eigenvalue weighted by Gasteiger charge is -2.33. The number of hydrogen-bond acceptors (Lipinski definition) is 3. The van der Waals surface area contributed by atoms with Gasteiger partial charge in [-0.3, -0.25) is 8.42 Å².